The molecule has 1 aliphatic carbocycles. The van der Waals surface area contributed by atoms with E-state index in [9.17, 15) is 4.79 Å². The number of carbonyl (C=O) groups is 1. The number of carbonyl (C=O) groups excluding carboxylic acids is 1. The lowest BCUT2D eigenvalue weighted by Crippen LogP contribution is -2.38. The van der Waals surface area contributed by atoms with Crippen molar-refractivity contribution in [2.45, 2.75) is 33.1 Å². The van der Waals surface area contributed by atoms with Crippen LogP contribution in [0.4, 0.5) is 0 Å². The van der Waals surface area contributed by atoms with E-state index in [4.69, 9.17) is 14.2 Å². The Morgan fingerprint density at radius 3 is 2.71 bits per heavy atom. The minimum atomic E-state index is 0.217. The predicted octanol–water partition coefficient (Wildman–Crippen LogP) is 5.07. The monoisotopic (exact) mass is 473 g/mol. The summed E-state index contributed by atoms with van der Waals surface area (Å²) in [6, 6.07) is 9.92. The van der Waals surface area contributed by atoms with E-state index >= 15 is 0 Å². The number of likely N-dealkylation sites (tertiary alicyclic amines) is 1. The fourth-order valence-corrected chi connectivity index (χ4v) is 4.89. The number of allylic oxidation sites excluding steroid dienone is 1. The van der Waals surface area contributed by atoms with E-state index in [0.717, 1.165) is 49.0 Å². The normalized spacial score (nSPS) is 16.1. The Labute approximate surface area is 205 Å². The third-order valence-electron chi connectivity index (χ3n) is 6.72. The van der Waals surface area contributed by atoms with Gasteiger partial charge in [-0.25, -0.2) is 9.97 Å². The Bertz CT molecular complexity index is 1280. The van der Waals surface area contributed by atoms with Crippen LogP contribution >= 0.6 is 0 Å². The summed E-state index contributed by atoms with van der Waals surface area (Å²) in [5, 5.41) is 0.765. The Hall–Kier alpha value is -3.45. The molecular weight excluding hydrogens is 442 g/mol. The molecule has 182 valence electrons. The van der Waals surface area contributed by atoms with E-state index in [2.05, 4.69) is 40.0 Å². The van der Waals surface area contributed by atoms with Crippen molar-refractivity contribution < 1.29 is 19.0 Å². The number of ketones is 1. The highest BCUT2D eigenvalue weighted by molar-refractivity contribution is 5.87. The van der Waals surface area contributed by atoms with Gasteiger partial charge in [-0.3, -0.25) is 9.69 Å². The molecule has 1 aromatic heterocycles. The van der Waals surface area contributed by atoms with Crippen molar-refractivity contribution in [3.8, 4) is 23.1 Å². The van der Waals surface area contributed by atoms with E-state index in [1.807, 2.05) is 18.2 Å². The molecule has 0 bridgehead atoms. The summed E-state index contributed by atoms with van der Waals surface area (Å²) in [6.07, 6.45) is 6.72. The van der Waals surface area contributed by atoms with Gasteiger partial charge in [0.2, 0.25) is 5.88 Å². The molecule has 0 saturated carbocycles. The molecular formula is C28H31N3O4. The van der Waals surface area contributed by atoms with Crippen molar-refractivity contribution in [2.24, 2.45) is 5.92 Å². The summed E-state index contributed by atoms with van der Waals surface area (Å²) in [4.78, 5) is 22.4. The molecule has 2 heterocycles. The molecule has 0 spiro atoms. The average Bonchev–Trinajstić information content (AvgIpc) is 3.22. The fraction of sp³-hybridized carbons (Fsp3) is 0.393. The quantitative estimate of drug-likeness (QED) is 0.452. The number of piperidine rings is 1. The summed E-state index contributed by atoms with van der Waals surface area (Å²) >= 11 is 0. The molecule has 1 fully saturated rings. The molecule has 2 aliphatic rings. The van der Waals surface area contributed by atoms with Gasteiger partial charge in [-0.05, 0) is 81.4 Å². The standard InChI is InChI=1S/C28H31N3O4/c1-18-10-21-4-5-23(12-22(21)11-18)35-28-24-13-26(33-3)27(14-25(24)29-17-30-28)34-16-20-6-8-31(9-7-20)15-19(2)32/h4-5,11-14,17,20H,6-10,15-16H2,1-3H3. The van der Waals surface area contributed by atoms with E-state index in [0.29, 0.717) is 36.4 Å². The number of benzene rings is 2. The first kappa shape index (κ1) is 23.3. The minimum Gasteiger partial charge on any atom is -0.493 e. The van der Waals surface area contributed by atoms with Crippen LogP contribution in [-0.2, 0) is 11.2 Å². The van der Waals surface area contributed by atoms with Gasteiger partial charge in [-0.1, -0.05) is 17.7 Å². The number of hydrogen-bond donors (Lipinski definition) is 0. The van der Waals surface area contributed by atoms with Gasteiger partial charge in [0.25, 0.3) is 0 Å². The van der Waals surface area contributed by atoms with Crippen LogP contribution in [0, 0.1) is 5.92 Å². The smallest absolute Gasteiger partial charge is 0.230 e. The van der Waals surface area contributed by atoms with E-state index in [1.165, 1.54) is 23.0 Å². The predicted molar refractivity (Wildman–Crippen MR) is 135 cm³/mol. The van der Waals surface area contributed by atoms with Crippen LogP contribution in [0.25, 0.3) is 17.0 Å². The van der Waals surface area contributed by atoms with Crippen molar-refractivity contribution >= 4 is 22.8 Å². The summed E-state index contributed by atoms with van der Waals surface area (Å²) < 4.78 is 18.0. The Kier molecular flexibility index (Phi) is 6.68. The largest absolute Gasteiger partial charge is 0.493 e. The zero-order chi connectivity index (χ0) is 24.4. The molecule has 7 nitrogen and oxygen atoms in total. The Morgan fingerprint density at radius 1 is 1.11 bits per heavy atom. The number of aromatic nitrogens is 2. The van der Waals surface area contributed by atoms with Crippen LogP contribution in [0.3, 0.4) is 0 Å². The van der Waals surface area contributed by atoms with Gasteiger partial charge in [-0.2, -0.15) is 0 Å². The van der Waals surface area contributed by atoms with Gasteiger partial charge in [0.1, 0.15) is 17.9 Å². The maximum Gasteiger partial charge on any atom is 0.230 e. The van der Waals surface area contributed by atoms with Crippen molar-refractivity contribution in [3.63, 3.8) is 0 Å². The number of nitrogens with zero attached hydrogens (tertiary/aromatic N) is 3. The molecule has 0 atom stereocenters. The topological polar surface area (TPSA) is 73.8 Å². The lowest BCUT2D eigenvalue weighted by molar-refractivity contribution is -0.118. The third-order valence-corrected chi connectivity index (χ3v) is 6.72. The first-order valence-corrected chi connectivity index (χ1v) is 12.1. The summed E-state index contributed by atoms with van der Waals surface area (Å²) in [7, 11) is 1.63. The van der Waals surface area contributed by atoms with Crippen molar-refractivity contribution in [1.29, 1.82) is 0 Å². The molecule has 2 aromatic carbocycles. The zero-order valence-electron chi connectivity index (χ0n) is 20.5. The lowest BCUT2D eigenvalue weighted by atomic mass is 9.97. The summed E-state index contributed by atoms with van der Waals surface area (Å²) in [5.74, 6) is 3.17. The van der Waals surface area contributed by atoms with E-state index in [-0.39, 0.29) is 5.78 Å². The molecule has 1 saturated heterocycles. The van der Waals surface area contributed by atoms with Crippen molar-refractivity contribution in [1.82, 2.24) is 14.9 Å². The van der Waals surface area contributed by atoms with Crippen LogP contribution in [-0.4, -0.2) is 54.0 Å². The summed E-state index contributed by atoms with van der Waals surface area (Å²) in [6.45, 7) is 6.78. The second-order valence-corrected chi connectivity index (χ2v) is 9.56. The van der Waals surface area contributed by atoms with Crippen molar-refractivity contribution in [3.05, 3.63) is 53.4 Å². The second-order valence-electron chi connectivity index (χ2n) is 9.56. The number of ether oxygens (including phenoxy) is 3. The van der Waals surface area contributed by atoms with E-state index in [1.54, 1.807) is 14.0 Å². The Balaban J connectivity index is 1.31. The number of fused-ring (bicyclic) bond motifs is 2. The average molecular weight is 474 g/mol. The van der Waals surface area contributed by atoms with Gasteiger partial charge < -0.3 is 14.2 Å². The molecule has 1 aliphatic heterocycles. The number of rotatable bonds is 8. The van der Waals surface area contributed by atoms with Gasteiger partial charge in [0.15, 0.2) is 11.5 Å². The van der Waals surface area contributed by atoms with Crippen LogP contribution < -0.4 is 14.2 Å². The highest BCUT2D eigenvalue weighted by atomic mass is 16.5. The summed E-state index contributed by atoms with van der Waals surface area (Å²) in [5.41, 5.74) is 4.59. The molecule has 5 rings (SSSR count). The number of methoxy groups -OCH3 is 1. The zero-order valence-corrected chi connectivity index (χ0v) is 20.5. The first-order chi connectivity index (χ1) is 17.0. The van der Waals surface area contributed by atoms with Crippen LogP contribution in [0.1, 0.15) is 37.8 Å². The molecule has 7 heteroatoms. The minimum absolute atomic E-state index is 0.217. The molecule has 35 heavy (non-hydrogen) atoms. The van der Waals surface area contributed by atoms with Gasteiger partial charge in [0.05, 0.1) is 31.2 Å². The lowest BCUT2D eigenvalue weighted by Gasteiger charge is -2.31. The van der Waals surface area contributed by atoms with Crippen molar-refractivity contribution in [2.75, 3.05) is 33.4 Å². The van der Waals surface area contributed by atoms with Gasteiger partial charge >= 0.3 is 0 Å². The maximum atomic E-state index is 11.4. The van der Waals surface area contributed by atoms with Gasteiger partial charge in [-0.15, -0.1) is 0 Å². The first-order valence-electron chi connectivity index (χ1n) is 12.1. The molecule has 0 N–H and O–H groups in total. The van der Waals surface area contributed by atoms with Gasteiger partial charge in [0, 0.05) is 6.07 Å². The molecule has 3 aromatic rings. The highest BCUT2D eigenvalue weighted by Gasteiger charge is 2.21. The maximum absolute atomic E-state index is 11.4. The second kappa shape index (κ2) is 10.0. The van der Waals surface area contributed by atoms with Crippen LogP contribution in [0.2, 0.25) is 0 Å². The molecule has 0 radical (unpaired) electrons. The highest BCUT2D eigenvalue weighted by Crippen LogP contribution is 2.37. The molecule has 0 unspecified atom stereocenters. The Morgan fingerprint density at radius 2 is 1.94 bits per heavy atom. The van der Waals surface area contributed by atoms with Crippen LogP contribution in [0.5, 0.6) is 23.1 Å². The number of hydrogen-bond acceptors (Lipinski definition) is 7. The SMILES string of the molecule is COc1cc2c(Oc3ccc4c(c3)C=C(C)C4)ncnc2cc1OCC1CCN(CC(C)=O)CC1. The van der Waals surface area contributed by atoms with Crippen LogP contribution in [0.15, 0.2) is 42.2 Å². The third kappa shape index (κ3) is 5.30. The fourth-order valence-electron chi connectivity index (χ4n) is 4.89. The molecule has 0 amide bonds. The number of Topliss-reactive ketones (excluding diaryl/α,β-unsaturated/α-hetero) is 1. The van der Waals surface area contributed by atoms with E-state index < -0.39 is 0 Å².